The second kappa shape index (κ2) is 13.8. The van der Waals surface area contributed by atoms with E-state index in [9.17, 15) is 52.7 Å². The topological polar surface area (TPSA) is 174 Å². The summed E-state index contributed by atoms with van der Waals surface area (Å²) in [6.07, 6.45) is -5.17. The Labute approximate surface area is 289 Å². The Hall–Kier alpha value is -4.74. The first-order valence-electron chi connectivity index (χ1n) is 15.9. The third-order valence-electron chi connectivity index (χ3n) is 10.0. The number of likely N-dealkylation sites (tertiary alicyclic amines) is 1. The second-order valence-corrected chi connectivity index (χ2v) is 13.0. The van der Waals surface area contributed by atoms with E-state index in [0.717, 1.165) is 30.7 Å². The van der Waals surface area contributed by atoms with Crippen molar-refractivity contribution in [2.24, 2.45) is 0 Å². The Balaban J connectivity index is 1.81. The number of halogens is 6. The minimum Gasteiger partial charge on any atom is -0.507 e. The fourth-order valence-corrected chi connectivity index (χ4v) is 6.94. The Morgan fingerprint density at radius 1 is 0.902 bits per heavy atom. The van der Waals surface area contributed by atoms with Gasteiger partial charge in [-0.05, 0) is 39.2 Å². The summed E-state index contributed by atoms with van der Waals surface area (Å²) in [5.41, 5.74) is -2.37. The van der Waals surface area contributed by atoms with Gasteiger partial charge in [0.05, 0.1) is 28.9 Å². The highest BCUT2D eigenvalue weighted by Crippen LogP contribution is 2.55. The molecule has 3 atom stereocenters. The van der Waals surface area contributed by atoms with Crippen LogP contribution in [-0.4, -0.2) is 103 Å². The molecule has 0 spiro atoms. The number of rotatable bonds is 6. The van der Waals surface area contributed by atoms with E-state index in [1.165, 1.54) is 13.8 Å². The minimum absolute atomic E-state index is 0.0263. The molecule has 2 aromatic carbocycles. The van der Waals surface area contributed by atoms with Gasteiger partial charge in [0, 0.05) is 63.9 Å². The Kier molecular flexibility index (Phi) is 10.5. The van der Waals surface area contributed by atoms with E-state index in [2.05, 4.69) is 6.58 Å². The number of benzene rings is 2. The van der Waals surface area contributed by atoms with Gasteiger partial charge >= 0.3 is 12.2 Å². The van der Waals surface area contributed by atoms with Crippen molar-refractivity contribution in [3.63, 3.8) is 0 Å². The highest BCUT2D eigenvalue weighted by atomic mass is 19.4. The maximum absolute atomic E-state index is 15.3. The number of nitrogens with two attached hydrogens (primary N) is 1. The molecule has 0 aliphatic carbocycles. The van der Waals surface area contributed by atoms with Crippen molar-refractivity contribution in [3.8, 4) is 28.7 Å². The summed E-state index contributed by atoms with van der Waals surface area (Å²) < 4.78 is 87.6. The maximum atomic E-state index is 15.3. The number of piperazine rings is 1. The van der Waals surface area contributed by atoms with Crippen LogP contribution in [0.4, 0.5) is 36.8 Å². The third-order valence-corrected chi connectivity index (χ3v) is 10.0. The molecule has 0 aromatic heterocycles. The minimum atomic E-state index is -5.48. The average Bonchev–Trinajstić information content (AvgIpc) is 3.04. The van der Waals surface area contributed by atoms with Crippen LogP contribution in [0.5, 0.6) is 28.7 Å². The summed E-state index contributed by atoms with van der Waals surface area (Å²) in [6.45, 7) is 9.23. The lowest BCUT2D eigenvalue weighted by Crippen LogP contribution is -2.56. The molecule has 18 heteroatoms. The number of anilines is 1. The molecule has 282 valence electrons. The zero-order valence-electron chi connectivity index (χ0n) is 28.6. The monoisotopic (exact) mass is 733 g/mol. The first-order chi connectivity index (χ1) is 23.5. The van der Waals surface area contributed by atoms with Crippen molar-refractivity contribution in [1.29, 1.82) is 0 Å². The van der Waals surface area contributed by atoms with Gasteiger partial charge in [-0.3, -0.25) is 9.69 Å². The lowest BCUT2D eigenvalue weighted by atomic mass is 9.87. The summed E-state index contributed by atoms with van der Waals surface area (Å²) in [5.74, 6) is -12.4. The molecule has 2 aromatic rings. The van der Waals surface area contributed by atoms with Gasteiger partial charge in [0.25, 0.3) is 5.92 Å². The van der Waals surface area contributed by atoms with E-state index in [0.29, 0.717) is 26.2 Å². The summed E-state index contributed by atoms with van der Waals surface area (Å²) in [4.78, 5) is 31.7. The number of phenolic OH excluding ortho intramolecular Hbond substituents is 5. The van der Waals surface area contributed by atoms with Gasteiger partial charge in [-0.1, -0.05) is 6.58 Å². The summed E-state index contributed by atoms with van der Waals surface area (Å²) >= 11 is 0. The standard InChI is InChI=1S/C33H41F6N5O7/c1-14(2)32(35,36)22-25(40)23(33(37,38)39)28(48)21(27(22)47)16(4)41(6)31(51)44-8-7-18(43-11-9-42(10-12-43)17(5)45)13-19(44)20-15(3)26(46)24(34)30(50)29(20)49/h16,18-19,46-50H,1,7-13,40H2,2-6H3. The zero-order chi connectivity index (χ0) is 38.7. The van der Waals surface area contributed by atoms with Crippen molar-refractivity contribution in [2.45, 2.75) is 70.8 Å². The lowest BCUT2D eigenvalue weighted by Gasteiger charge is -2.47. The van der Waals surface area contributed by atoms with Gasteiger partial charge in [0.2, 0.25) is 11.7 Å². The molecule has 4 rings (SSSR count). The van der Waals surface area contributed by atoms with Crippen LogP contribution in [0.15, 0.2) is 12.2 Å². The molecule has 2 saturated heterocycles. The molecule has 2 heterocycles. The van der Waals surface area contributed by atoms with Gasteiger partial charge in [0.15, 0.2) is 17.2 Å². The molecule has 3 unspecified atom stereocenters. The number of urea groups is 1. The highest BCUT2D eigenvalue weighted by Gasteiger charge is 2.48. The number of allylic oxidation sites excluding steroid dienone is 1. The molecule has 51 heavy (non-hydrogen) atoms. The number of nitrogens with zero attached hydrogens (tertiary/aromatic N) is 4. The Bertz CT molecular complexity index is 1720. The average molecular weight is 734 g/mol. The van der Waals surface area contributed by atoms with Crippen molar-refractivity contribution in [3.05, 3.63) is 45.8 Å². The number of hydrogen-bond acceptors (Lipinski definition) is 9. The zero-order valence-corrected chi connectivity index (χ0v) is 28.6. The molecule has 0 radical (unpaired) electrons. The van der Waals surface area contributed by atoms with Crippen LogP contribution < -0.4 is 5.73 Å². The van der Waals surface area contributed by atoms with Gasteiger partial charge in [-0.2, -0.15) is 26.3 Å². The molecule has 2 aliphatic heterocycles. The first-order valence-corrected chi connectivity index (χ1v) is 15.9. The summed E-state index contributed by atoms with van der Waals surface area (Å²) in [7, 11) is 1.07. The molecule has 0 saturated carbocycles. The van der Waals surface area contributed by atoms with Crippen molar-refractivity contribution >= 4 is 17.6 Å². The number of piperidine rings is 1. The molecule has 2 aliphatic rings. The molecule has 2 fully saturated rings. The molecule has 12 nitrogen and oxygen atoms in total. The molecular weight excluding hydrogens is 692 g/mol. The fourth-order valence-electron chi connectivity index (χ4n) is 6.94. The molecule has 0 bridgehead atoms. The molecule has 7 N–H and O–H groups in total. The number of nitrogen functional groups attached to an aromatic ring is 1. The van der Waals surface area contributed by atoms with Crippen LogP contribution in [0, 0.1) is 12.7 Å². The number of alkyl halides is 5. The van der Waals surface area contributed by atoms with Crippen LogP contribution >= 0.6 is 0 Å². The normalized spacial score (nSPS) is 19.6. The van der Waals surface area contributed by atoms with Gasteiger partial charge < -0.3 is 46.0 Å². The van der Waals surface area contributed by atoms with Crippen LogP contribution in [0.25, 0.3) is 0 Å². The number of hydrogen-bond donors (Lipinski definition) is 6. The van der Waals surface area contributed by atoms with E-state index in [1.807, 2.05) is 4.90 Å². The maximum Gasteiger partial charge on any atom is 0.421 e. The van der Waals surface area contributed by atoms with E-state index >= 15 is 8.78 Å². The number of aromatic hydroxyl groups is 5. The second-order valence-electron chi connectivity index (χ2n) is 13.0. The molecular formula is C33H41F6N5O7. The summed E-state index contributed by atoms with van der Waals surface area (Å²) in [5, 5.41) is 53.6. The van der Waals surface area contributed by atoms with Gasteiger partial charge in [-0.25, -0.2) is 4.79 Å². The largest absolute Gasteiger partial charge is 0.507 e. The van der Waals surface area contributed by atoms with Crippen molar-refractivity contribution < 1.29 is 61.5 Å². The quantitative estimate of drug-likeness (QED) is 0.0746. The van der Waals surface area contributed by atoms with Crippen LogP contribution in [-0.2, 0) is 16.9 Å². The number of phenols is 5. The van der Waals surface area contributed by atoms with Crippen LogP contribution in [0.2, 0.25) is 0 Å². The van der Waals surface area contributed by atoms with E-state index in [4.69, 9.17) is 5.73 Å². The fraction of sp³-hybridized carbons (Fsp3) is 0.515. The smallest absolute Gasteiger partial charge is 0.421 e. The molecule has 3 amide bonds. The Morgan fingerprint density at radius 3 is 1.96 bits per heavy atom. The number of amides is 3. The predicted octanol–water partition coefficient (Wildman–Crippen LogP) is 5.41. The van der Waals surface area contributed by atoms with Gasteiger partial charge in [0.1, 0.15) is 17.1 Å². The van der Waals surface area contributed by atoms with Crippen LogP contribution in [0.1, 0.15) is 73.5 Å². The van der Waals surface area contributed by atoms with Gasteiger partial charge in [-0.15, -0.1) is 0 Å². The van der Waals surface area contributed by atoms with E-state index in [-0.39, 0.29) is 42.5 Å². The first kappa shape index (κ1) is 39.1. The number of carbonyl (C=O) groups is 2. The van der Waals surface area contributed by atoms with Crippen LogP contribution in [0.3, 0.4) is 0 Å². The third kappa shape index (κ3) is 6.72. The predicted molar refractivity (Wildman–Crippen MR) is 172 cm³/mol. The highest BCUT2D eigenvalue weighted by molar-refractivity contribution is 5.78. The van der Waals surface area contributed by atoms with E-state index < -0.39 is 92.7 Å². The van der Waals surface area contributed by atoms with Crippen molar-refractivity contribution in [1.82, 2.24) is 19.6 Å². The lowest BCUT2D eigenvalue weighted by molar-refractivity contribution is -0.138. The Morgan fingerprint density at radius 2 is 1.45 bits per heavy atom. The van der Waals surface area contributed by atoms with E-state index in [1.54, 1.807) is 4.90 Å². The number of carbonyl (C=O) groups excluding carboxylic acids is 2. The SMILES string of the molecule is C=C(C)C(F)(F)c1c(N)c(C(F)(F)F)c(O)c(C(C)N(C)C(=O)N2CCC(N3CCN(C(C)=O)CC3)CC2c2c(C)c(O)c(F)c(O)c2O)c1O. The summed E-state index contributed by atoms with van der Waals surface area (Å²) in [6, 6.07) is -4.25. The van der Waals surface area contributed by atoms with Crippen molar-refractivity contribution in [2.75, 3.05) is 45.5 Å².